The van der Waals surface area contributed by atoms with E-state index in [0.717, 1.165) is 6.42 Å². The van der Waals surface area contributed by atoms with Crippen LogP contribution >= 0.6 is 22.9 Å². The van der Waals surface area contributed by atoms with Gasteiger partial charge in [-0.15, -0.1) is 22.9 Å². The molecule has 1 aromatic heterocycles. The summed E-state index contributed by atoms with van der Waals surface area (Å²) in [6.45, 7) is 6.26. The molecule has 1 rings (SSSR count). The van der Waals surface area contributed by atoms with Gasteiger partial charge in [-0.3, -0.25) is 4.79 Å². The molecule has 0 saturated carbocycles. The highest BCUT2D eigenvalue weighted by Crippen LogP contribution is 2.15. The lowest BCUT2D eigenvalue weighted by Gasteiger charge is -2.21. The maximum absolute atomic E-state index is 12.3. The van der Waals surface area contributed by atoms with E-state index >= 15 is 0 Å². The van der Waals surface area contributed by atoms with Crippen molar-refractivity contribution < 1.29 is 19.1 Å². The zero-order valence-corrected chi connectivity index (χ0v) is 15.8. The minimum atomic E-state index is -0.434. The van der Waals surface area contributed by atoms with Crippen molar-refractivity contribution in [3.05, 3.63) is 16.1 Å². The summed E-state index contributed by atoms with van der Waals surface area (Å²) >= 11 is 7.03. The molecule has 24 heavy (non-hydrogen) atoms. The Bertz CT molecular complexity index is 510. The molecule has 0 fully saturated rings. The lowest BCUT2D eigenvalue weighted by atomic mass is 10.2. The highest BCUT2D eigenvalue weighted by Gasteiger charge is 2.17. The summed E-state index contributed by atoms with van der Waals surface area (Å²) in [5.41, 5.74) is 0.291. The van der Waals surface area contributed by atoms with Gasteiger partial charge in [0.05, 0.1) is 13.2 Å². The Kier molecular flexibility index (Phi) is 10.6. The van der Waals surface area contributed by atoms with Crippen LogP contribution in [0.4, 0.5) is 0 Å². The smallest absolute Gasteiger partial charge is 0.357 e. The van der Waals surface area contributed by atoms with E-state index in [2.05, 4.69) is 4.98 Å². The predicted molar refractivity (Wildman–Crippen MR) is 94.6 cm³/mol. The number of rotatable bonds is 12. The number of carbonyl (C=O) groups excluding carboxylic acids is 2. The van der Waals surface area contributed by atoms with E-state index in [1.54, 1.807) is 17.2 Å². The second-order valence-electron chi connectivity index (χ2n) is 5.01. The molecule has 0 unspecified atom stereocenters. The molecular weight excluding hydrogens is 352 g/mol. The van der Waals surface area contributed by atoms with E-state index in [0.29, 0.717) is 62.3 Å². The SMILES string of the molecule is CCOCCCN(Cc1nc(C(=O)OCC)cs1)C(=O)CCCCl. The number of amides is 1. The Balaban J connectivity index is 2.65. The summed E-state index contributed by atoms with van der Waals surface area (Å²) in [6.07, 6.45) is 1.82. The third-order valence-electron chi connectivity index (χ3n) is 3.16. The van der Waals surface area contributed by atoms with Gasteiger partial charge in [-0.05, 0) is 26.7 Å². The summed E-state index contributed by atoms with van der Waals surface area (Å²) in [4.78, 5) is 30.0. The first kappa shape index (κ1) is 20.9. The van der Waals surface area contributed by atoms with Gasteiger partial charge in [0.25, 0.3) is 0 Å². The molecule has 0 spiro atoms. The quantitative estimate of drug-likeness (QED) is 0.318. The summed E-state index contributed by atoms with van der Waals surface area (Å²) in [5, 5.41) is 2.38. The van der Waals surface area contributed by atoms with E-state index < -0.39 is 5.97 Å². The number of alkyl halides is 1. The minimum Gasteiger partial charge on any atom is -0.461 e. The van der Waals surface area contributed by atoms with Gasteiger partial charge < -0.3 is 14.4 Å². The highest BCUT2D eigenvalue weighted by molar-refractivity contribution is 7.09. The van der Waals surface area contributed by atoms with Crippen LogP contribution in [0.25, 0.3) is 0 Å². The fraction of sp³-hybridized carbons (Fsp3) is 0.688. The van der Waals surface area contributed by atoms with Crippen molar-refractivity contribution in [1.29, 1.82) is 0 Å². The van der Waals surface area contributed by atoms with E-state index in [4.69, 9.17) is 21.1 Å². The van der Waals surface area contributed by atoms with E-state index in [1.165, 1.54) is 11.3 Å². The van der Waals surface area contributed by atoms with Crippen LogP contribution in [0.5, 0.6) is 0 Å². The van der Waals surface area contributed by atoms with Crippen LogP contribution in [-0.4, -0.2) is 54.0 Å². The van der Waals surface area contributed by atoms with Gasteiger partial charge in [0.1, 0.15) is 5.01 Å². The van der Waals surface area contributed by atoms with Gasteiger partial charge in [0.15, 0.2) is 5.69 Å². The van der Waals surface area contributed by atoms with Crippen LogP contribution in [0.2, 0.25) is 0 Å². The number of thiazole rings is 1. The van der Waals surface area contributed by atoms with E-state index in [1.807, 2.05) is 6.92 Å². The van der Waals surface area contributed by atoms with Crippen LogP contribution in [0, 0.1) is 0 Å². The lowest BCUT2D eigenvalue weighted by Crippen LogP contribution is -2.32. The molecule has 6 nitrogen and oxygen atoms in total. The second kappa shape index (κ2) is 12.2. The molecule has 8 heteroatoms. The molecule has 0 aliphatic rings. The van der Waals surface area contributed by atoms with Crippen LogP contribution in [0.15, 0.2) is 5.38 Å². The summed E-state index contributed by atoms with van der Waals surface area (Å²) < 4.78 is 10.3. The van der Waals surface area contributed by atoms with Crippen molar-refractivity contribution >= 4 is 34.8 Å². The Morgan fingerprint density at radius 1 is 1.29 bits per heavy atom. The predicted octanol–water partition coefficient (Wildman–Crippen LogP) is 3.09. The number of esters is 1. The number of ether oxygens (including phenoxy) is 2. The molecule has 0 bridgehead atoms. The van der Waals surface area contributed by atoms with Crippen molar-refractivity contribution in [1.82, 2.24) is 9.88 Å². The van der Waals surface area contributed by atoms with Crippen molar-refractivity contribution in [3.8, 4) is 0 Å². The fourth-order valence-corrected chi connectivity index (χ4v) is 2.93. The first-order valence-corrected chi connectivity index (χ1v) is 9.56. The Morgan fingerprint density at radius 2 is 2.08 bits per heavy atom. The van der Waals surface area contributed by atoms with Gasteiger partial charge in [0.2, 0.25) is 5.91 Å². The molecular formula is C16H25ClN2O4S. The van der Waals surface area contributed by atoms with Gasteiger partial charge in [-0.25, -0.2) is 9.78 Å². The summed E-state index contributed by atoms with van der Waals surface area (Å²) in [7, 11) is 0. The minimum absolute atomic E-state index is 0.0417. The molecule has 0 radical (unpaired) electrons. The average molecular weight is 377 g/mol. The number of nitrogens with zero attached hydrogens (tertiary/aromatic N) is 2. The van der Waals surface area contributed by atoms with Crippen LogP contribution < -0.4 is 0 Å². The number of aromatic nitrogens is 1. The molecule has 0 aromatic carbocycles. The van der Waals surface area contributed by atoms with Crippen molar-refractivity contribution in [2.24, 2.45) is 0 Å². The number of hydrogen-bond acceptors (Lipinski definition) is 6. The molecule has 1 aromatic rings. The molecule has 0 N–H and O–H groups in total. The van der Waals surface area contributed by atoms with Crippen LogP contribution in [-0.2, 0) is 20.8 Å². The number of carbonyl (C=O) groups is 2. The zero-order chi connectivity index (χ0) is 17.8. The normalized spacial score (nSPS) is 10.6. The maximum Gasteiger partial charge on any atom is 0.357 e. The average Bonchev–Trinajstić information content (AvgIpc) is 3.04. The van der Waals surface area contributed by atoms with Crippen molar-refractivity contribution in [2.45, 2.75) is 39.7 Å². The first-order valence-electron chi connectivity index (χ1n) is 8.15. The van der Waals surface area contributed by atoms with Gasteiger partial charge in [-0.1, -0.05) is 0 Å². The highest BCUT2D eigenvalue weighted by atomic mass is 35.5. The molecule has 1 amide bonds. The van der Waals surface area contributed by atoms with Crippen molar-refractivity contribution in [2.75, 3.05) is 32.2 Å². The first-order chi connectivity index (χ1) is 11.6. The summed E-state index contributed by atoms with van der Waals surface area (Å²) in [6, 6.07) is 0. The Hall–Kier alpha value is -1.18. The molecule has 0 aliphatic heterocycles. The Morgan fingerprint density at radius 3 is 2.75 bits per heavy atom. The van der Waals surface area contributed by atoms with E-state index in [-0.39, 0.29) is 5.91 Å². The topological polar surface area (TPSA) is 68.7 Å². The molecule has 1 heterocycles. The Labute approximate surface area is 152 Å². The number of halogens is 1. The fourth-order valence-electron chi connectivity index (χ4n) is 2.02. The summed E-state index contributed by atoms with van der Waals surface area (Å²) in [5.74, 6) is 0.0689. The molecule has 0 atom stereocenters. The lowest BCUT2D eigenvalue weighted by molar-refractivity contribution is -0.132. The van der Waals surface area contributed by atoms with Crippen molar-refractivity contribution in [3.63, 3.8) is 0 Å². The standard InChI is InChI=1S/C16H25ClN2O4S/c1-3-22-10-6-9-19(15(20)7-5-8-17)11-14-18-13(12-24-14)16(21)23-4-2/h12H,3-11H2,1-2H3. The van der Waals surface area contributed by atoms with Gasteiger partial charge >= 0.3 is 5.97 Å². The van der Waals surface area contributed by atoms with E-state index in [9.17, 15) is 9.59 Å². The molecule has 136 valence electrons. The van der Waals surface area contributed by atoms with Gasteiger partial charge in [-0.2, -0.15) is 0 Å². The second-order valence-corrected chi connectivity index (χ2v) is 6.33. The largest absolute Gasteiger partial charge is 0.461 e. The molecule has 0 aliphatic carbocycles. The third-order valence-corrected chi connectivity index (χ3v) is 4.26. The van der Waals surface area contributed by atoms with Gasteiger partial charge in [0, 0.05) is 37.4 Å². The monoisotopic (exact) mass is 376 g/mol. The maximum atomic E-state index is 12.3. The van der Waals surface area contributed by atoms with Crippen LogP contribution in [0.3, 0.4) is 0 Å². The third kappa shape index (κ3) is 7.59. The molecule has 0 saturated heterocycles. The number of hydrogen-bond donors (Lipinski definition) is 0. The van der Waals surface area contributed by atoms with Crippen LogP contribution in [0.1, 0.15) is 48.6 Å². The zero-order valence-electron chi connectivity index (χ0n) is 14.3.